The summed E-state index contributed by atoms with van der Waals surface area (Å²) in [6.07, 6.45) is 3.99. The molecule has 0 aliphatic carbocycles. The molecule has 0 aliphatic rings. The maximum Gasteiger partial charge on any atom is 0.0897 e. The molecular weight excluding hydrogens is 142 g/mol. The lowest BCUT2D eigenvalue weighted by Crippen LogP contribution is -1.81. The number of aryl methyl sites for hydroxylation is 2. The van der Waals surface area contributed by atoms with E-state index in [1.807, 2.05) is 13.0 Å². The van der Waals surface area contributed by atoms with E-state index in [4.69, 9.17) is 0 Å². The van der Waals surface area contributed by atoms with Crippen LogP contribution in [0.3, 0.4) is 0 Å². The number of aromatic nitrogens is 1. The number of thiazole rings is 1. The first-order chi connectivity index (χ1) is 4.83. The molecule has 0 amide bonds. The second-order valence-electron chi connectivity index (χ2n) is 2.19. The lowest BCUT2D eigenvalue weighted by molar-refractivity contribution is 0.953. The molecule has 0 aromatic carbocycles. The molecule has 10 heavy (non-hydrogen) atoms. The van der Waals surface area contributed by atoms with Crippen LogP contribution >= 0.6 is 11.3 Å². The third kappa shape index (κ3) is 1.95. The summed E-state index contributed by atoms with van der Waals surface area (Å²) in [5.74, 6) is 0. The van der Waals surface area contributed by atoms with Crippen molar-refractivity contribution in [3.05, 3.63) is 28.7 Å². The summed E-state index contributed by atoms with van der Waals surface area (Å²) >= 11 is 1.71. The molecule has 1 rings (SSSR count). The van der Waals surface area contributed by atoms with Gasteiger partial charge in [-0.15, -0.1) is 17.9 Å². The van der Waals surface area contributed by atoms with Gasteiger partial charge in [-0.25, -0.2) is 4.98 Å². The molecule has 0 radical (unpaired) electrons. The third-order valence-corrected chi connectivity index (χ3v) is 2.09. The van der Waals surface area contributed by atoms with Crippen LogP contribution in [-0.4, -0.2) is 4.98 Å². The van der Waals surface area contributed by atoms with Gasteiger partial charge in [0.05, 0.1) is 10.7 Å². The van der Waals surface area contributed by atoms with Crippen LogP contribution in [-0.2, 0) is 6.42 Å². The Morgan fingerprint density at radius 1 is 1.80 bits per heavy atom. The van der Waals surface area contributed by atoms with Crippen molar-refractivity contribution < 1.29 is 0 Å². The molecule has 2 heteroatoms. The first-order valence-electron chi connectivity index (χ1n) is 3.35. The fourth-order valence-corrected chi connectivity index (χ4v) is 1.42. The van der Waals surface area contributed by atoms with Gasteiger partial charge in [0.25, 0.3) is 0 Å². The number of nitrogens with zero attached hydrogens (tertiary/aromatic N) is 1. The lowest BCUT2D eigenvalue weighted by atomic mass is 10.2. The Morgan fingerprint density at radius 3 is 3.10 bits per heavy atom. The first-order valence-corrected chi connectivity index (χ1v) is 4.23. The van der Waals surface area contributed by atoms with Crippen LogP contribution in [0.1, 0.15) is 17.1 Å². The highest BCUT2D eigenvalue weighted by Crippen LogP contribution is 2.09. The molecule has 0 atom stereocenters. The Balaban J connectivity index is 2.49. The summed E-state index contributed by atoms with van der Waals surface area (Å²) in [6, 6.07) is 0. The second kappa shape index (κ2) is 3.52. The molecule has 0 spiro atoms. The maximum atomic E-state index is 4.32. The third-order valence-electron chi connectivity index (χ3n) is 1.27. The van der Waals surface area contributed by atoms with Gasteiger partial charge in [0.15, 0.2) is 0 Å². The van der Waals surface area contributed by atoms with Gasteiger partial charge < -0.3 is 0 Å². The van der Waals surface area contributed by atoms with E-state index < -0.39 is 0 Å². The van der Waals surface area contributed by atoms with E-state index in [0.717, 1.165) is 17.8 Å². The molecule has 0 N–H and O–H groups in total. The van der Waals surface area contributed by atoms with Gasteiger partial charge >= 0.3 is 0 Å². The highest BCUT2D eigenvalue weighted by atomic mass is 32.1. The summed E-state index contributed by atoms with van der Waals surface area (Å²) in [5, 5.41) is 3.26. The van der Waals surface area contributed by atoms with E-state index in [1.54, 1.807) is 11.3 Å². The van der Waals surface area contributed by atoms with Crippen molar-refractivity contribution in [2.45, 2.75) is 19.8 Å². The van der Waals surface area contributed by atoms with Gasteiger partial charge in [0.2, 0.25) is 0 Å². The molecule has 0 aliphatic heterocycles. The zero-order valence-electron chi connectivity index (χ0n) is 6.13. The van der Waals surface area contributed by atoms with Gasteiger partial charge in [0, 0.05) is 5.38 Å². The SMILES string of the molecule is C=CCCc1csc(C)n1. The smallest absolute Gasteiger partial charge is 0.0897 e. The number of allylic oxidation sites excluding steroid dienone is 1. The predicted octanol–water partition coefficient (Wildman–Crippen LogP) is 2.57. The zero-order chi connectivity index (χ0) is 7.40. The van der Waals surface area contributed by atoms with Gasteiger partial charge in [-0.2, -0.15) is 0 Å². The average molecular weight is 153 g/mol. The largest absolute Gasteiger partial charge is 0.247 e. The number of rotatable bonds is 3. The molecule has 1 nitrogen and oxygen atoms in total. The van der Waals surface area contributed by atoms with Crippen molar-refractivity contribution >= 4 is 11.3 Å². The molecular formula is C8H11NS. The van der Waals surface area contributed by atoms with Gasteiger partial charge in [-0.05, 0) is 19.8 Å². The highest BCUT2D eigenvalue weighted by Gasteiger charge is 1.94. The zero-order valence-corrected chi connectivity index (χ0v) is 6.95. The van der Waals surface area contributed by atoms with Crippen LogP contribution in [0.4, 0.5) is 0 Å². The summed E-state index contributed by atoms with van der Waals surface area (Å²) < 4.78 is 0. The monoisotopic (exact) mass is 153 g/mol. The Bertz CT molecular complexity index is 215. The second-order valence-corrected chi connectivity index (χ2v) is 3.25. The Morgan fingerprint density at radius 2 is 2.60 bits per heavy atom. The average Bonchev–Trinajstić information content (AvgIpc) is 2.31. The van der Waals surface area contributed by atoms with Crippen molar-refractivity contribution in [2.75, 3.05) is 0 Å². The number of hydrogen-bond acceptors (Lipinski definition) is 2. The molecule has 1 aromatic rings. The van der Waals surface area contributed by atoms with Crippen LogP contribution in [0.25, 0.3) is 0 Å². The molecule has 0 saturated carbocycles. The normalized spacial score (nSPS) is 9.70. The van der Waals surface area contributed by atoms with E-state index in [9.17, 15) is 0 Å². The van der Waals surface area contributed by atoms with Crippen molar-refractivity contribution in [3.63, 3.8) is 0 Å². The topological polar surface area (TPSA) is 12.9 Å². The molecule has 1 aromatic heterocycles. The van der Waals surface area contributed by atoms with Crippen LogP contribution in [0.15, 0.2) is 18.0 Å². The van der Waals surface area contributed by atoms with Crippen molar-refractivity contribution in [1.82, 2.24) is 4.98 Å². The van der Waals surface area contributed by atoms with E-state index in [0.29, 0.717) is 0 Å². The minimum absolute atomic E-state index is 1.03. The fourth-order valence-electron chi connectivity index (χ4n) is 0.773. The lowest BCUT2D eigenvalue weighted by Gasteiger charge is -1.87. The molecule has 0 fully saturated rings. The van der Waals surface area contributed by atoms with Crippen LogP contribution in [0.2, 0.25) is 0 Å². The summed E-state index contributed by atoms with van der Waals surface area (Å²) in [5.41, 5.74) is 1.20. The summed E-state index contributed by atoms with van der Waals surface area (Å²) in [6.45, 7) is 5.69. The van der Waals surface area contributed by atoms with E-state index >= 15 is 0 Å². The minimum Gasteiger partial charge on any atom is -0.247 e. The molecule has 0 bridgehead atoms. The molecule has 0 saturated heterocycles. The van der Waals surface area contributed by atoms with Crippen LogP contribution in [0, 0.1) is 6.92 Å². The van der Waals surface area contributed by atoms with Crippen molar-refractivity contribution in [2.24, 2.45) is 0 Å². The number of hydrogen-bond donors (Lipinski definition) is 0. The fraction of sp³-hybridized carbons (Fsp3) is 0.375. The summed E-state index contributed by atoms with van der Waals surface area (Å²) in [4.78, 5) is 4.32. The van der Waals surface area contributed by atoms with E-state index in [1.165, 1.54) is 5.69 Å². The van der Waals surface area contributed by atoms with E-state index in [2.05, 4.69) is 16.9 Å². The van der Waals surface area contributed by atoms with Crippen LogP contribution in [0.5, 0.6) is 0 Å². The molecule has 1 heterocycles. The Kier molecular flexibility index (Phi) is 2.63. The van der Waals surface area contributed by atoms with Gasteiger partial charge in [-0.3, -0.25) is 0 Å². The molecule has 0 unspecified atom stereocenters. The minimum atomic E-state index is 1.03. The van der Waals surface area contributed by atoms with Crippen LogP contribution < -0.4 is 0 Å². The standard InChI is InChI=1S/C8H11NS/c1-3-4-5-8-6-10-7(2)9-8/h3,6H,1,4-5H2,2H3. The van der Waals surface area contributed by atoms with E-state index in [-0.39, 0.29) is 0 Å². The predicted molar refractivity (Wildman–Crippen MR) is 45.4 cm³/mol. The maximum absolute atomic E-state index is 4.32. The first kappa shape index (κ1) is 7.48. The Hall–Kier alpha value is -0.630. The van der Waals surface area contributed by atoms with Gasteiger partial charge in [0.1, 0.15) is 0 Å². The highest BCUT2D eigenvalue weighted by molar-refractivity contribution is 7.09. The molecule has 54 valence electrons. The van der Waals surface area contributed by atoms with Crippen molar-refractivity contribution in [1.29, 1.82) is 0 Å². The van der Waals surface area contributed by atoms with Gasteiger partial charge in [-0.1, -0.05) is 6.08 Å². The summed E-state index contributed by atoms with van der Waals surface area (Å²) in [7, 11) is 0. The van der Waals surface area contributed by atoms with Crippen molar-refractivity contribution in [3.8, 4) is 0 Å². The quantitative estimate of drug-likeness (QED) is 0.608. The Labute approximate surface area is 65.4 Å².